The fourth-order valence-electron chi connectivity index (χ4n) is 3.42. The van der Waals surface area contributed by atoms with Crippen molar-refractivity contribution in [3.63, 3.8) is 0 Å². The second kappa shape index (κ2) is 10.3. The smallest absolute Gasteiger partial charge is 0.387 e. The van der Waals surface area contributed by atoms with Crippen LogP contribution in [0.5, 0.6) is 11.5 Å². The van der Waals surface area contributed by atoms with Crippen molar-refractivity contribution < 1.29 is 32.6 Å². The Balaban J connectivity index is 1.89. The van der Waals surface area contributed by atoms with E-state index in [-0.39, 0.29) is 41.8 Å². The van der Waals surface area contributed by atoms with Crippen LogP contribution in [-0.4, -0.2) is 42.4 Å². The highest BCUT2D eigenvalue weighted by molar-refractivity contribution is 6.00. The minimum atomic E-state index is -2.98. The Morgan fingerprint density at radius 3 is 2.09 bits per heavy atom. The summed E-state index contributed by atoms with van der Waals surface area (Å²) in [7, 11) is 1.35. The van der Waals surface area contributed by atoms with Gasteiger partial charge in [0.05, 0.1) is 7.11 Å². The molecule has 33 heavy (non-hydrogen) atoms. The molecule has 1 aliphatic carbocycles. The fraction of sp³-hybridized carbons (Fsp3) is 0.348. The van der Waals surface area contributed by atoms with Gasteiger partial charge in [0.1, 0.15) is 0 Å². The summed E-state index contributed by atoms with van der Waals surface area (Å²) < 4.78 is 34.8. The van der Waals surface area contributed by atoms with Gasteiger partial charge >= 0.3 is 6.61 Å². The van der Waals surface area contributed by atoms with E-state index in [1.54, 1.807) is 35.2 Å². The van der Waals surface area contributed by atoms with Crippen molar-refractivity contribution in [1.82, 2.24) is 4.90 Å². The van der Waals surface area contributed by atoms with Crippen LogP contribution in [0.15, 0.2) is 36.4 Å². The average molecular weight is 461 g/mol. The molecule has 0 heterocycles. The molecular weight excluding hydrogens is 436 g/mol. The zero-order valence-corrected chi connectivity index (χ0v) is 18.5. The van der Waals surface area contributed by atoms with Crippen molar-refractivity contribution in [2.24, 2.45) is 0 Å². The summed E-state index contributed by atoms with van der Waals surface area (Å²) in [6.07, 6.45) is 1.67. The molecule has 1 saturated carbocycles. The van der Waals surface area contributed by atoms with Gasteiger partial charge in [0, 0.05) is 43.4 Å². The highest BCUT2D eigenvalue weighted by Crippen LogP contribution is 2.34. The Kier molecular flexibility index (Phi) is 7.47. The molecular formula is C23H25F2N3O5. The highest BCUT2D eigenvalue weighted by Gasteiger charge is 2.33. The average Bonchev–Trinajstić information content (AvgIpc) is 3.56. The Morgan fingerprint density at radius 2 is 1.61 bits per heavy atom. The lowest BCUT2D eigenvalue weighted by Crippen LogP contribution is -2.32. The van der Waals surface area contributed by atoms with Crippen LogP contribution in [0.2, 0.25) is 0 Å². The highest BCUT2D eigenvalue weighted by atomic mass is 19.3. The second-order valence-corrected chi connectivity index (χ2v) is 7.69. The van der Waals surface area contributed by atoms with E-state index in [0.717, 1.165) is 12.8 Å². The number of methoxy groups -OCH3 is 1. The molecule has 0 saturated heterocycles. The lowest BCUT2D eigenvalue weighted by atomic mass is 10.1. The van der Waals surface area contributed by atoms with Gasteiger partial charge in [-0.1, -0.05) is 6.07 Å². The molecule has 3 rings (SSSR count). The largest absolute Gasteiger partial charge is 0.493 e. The van der Waals surface area contributed by atoms with Crippen LogP contribution in [0.3, 0.4) is 0 Å². The van der Waals surface area contributed by atoms with Gasteiger partial charge in [-0.25, -0.2) is 0 Å². The zero-order chi connectivity index (χ0) is 24.1. The van der Waals surface area contributed by atoms with Gasteiger partial charge in [-0.05, 0) is 48.7 Å². The maximum atomic E-state index is 13.4. The Hall–Kier alpha value is -3.69. The fourth-order valence-corrected chi connectivity index (χ4v) is 3.42. The first-order valence-electron chi connectivity index (χ1n) is 10.3. The second-order valence-electron chi connectivity index (χ2n) is 7.69. The molecule has 0 atom stereocenters. The number of carbonyl (C=O) groups excluding carboxylic acids is 3. The summed E-state index contributed by atoms with van der Waals surface area (Å²) in [6.45, 7) is -0.0762. The van der Waals surface area contributed by atoms with Crippen molar-refractivity contribution >= 4 is 29.1 Å². The molecule has 8 nitrogen and oxygen atoms in total. The lowest BCUT2D eigenvalue weighted by molar-refractivity contribution is -0.115. The molecule has 176 valence electrons. The van der Waals surface area contributed by atoms with E-state index in [4.69, 9.17) is 4.74 Å². The molecule has 2 aromatic carbocycles. The van der Waals surface area contributed by atoms with Crippen molar-refractivity contribution in [1.29, 1.82) is 0 Å². The molecule has 2 aromatic rings. The molecule has 1 fully saturated rings. The third-order valence-corrected chi connectivity index (χ3v) is 4.87. The van der Waals surface area contributed by atoms with E-state index in [1.165, 1.54) is 27.0 Å². The number of ether oxygens (including phenoxy) is 2. The van der Waals surface area contributed by atoms with Gasteiger partial charge in [0.25, 0.3) is 5.91 Å². The molecule has 0 unspecified atom stereocenters. The number of rotatable bonds is 9. The van der Waals surface area contributed by atoms with Gasteiger partial charge < -0.3 is 25.0 Å². The van der Waals surface area contributed by atoms with Gasteiger partial charge in [0.15, 0.2) is 11.5 Å². The predicted octanol–water partition coefficient (Wildman–Crippen LogP) is 4.02. The SMILES string of the molecule is COc1cc(CN(C(=O)c2cc(NC(C)=O)cc(NC(C)=O)c2)C2CC2)ccc1OC(F)F. The molecule has 3 amide bonds. The van der Waals surface area contributed by atoms with Crippen LogP contribution in [0.25, 0.3) is 0 Å². The molecule has 0 bridgehead atoms. The Labute approximate surface area is 189 Å². The summed E-state index contributed by atoms with van der Waals surface area (Å²) in [5.41, 5.74) is 1.72. The number of benzene rings is 2. The van der Waals surface area contributed by atoms with E-state index in [9.17, 15) is 23.2 Å². The number of amides is 3. The topological polar surface area (TPSA) is 97.0 Å². The summed E-state index contributed by atoms with van der Waals surface area (Å²) in [5, 5.41) is 5.26. The van der Waals surface area contributed by atoms with Gasteiger partial charge in [-0.3, -0.25) is 14.4 Å². The van der Waals surface area contributed by atoms with Crippen LogP contribution in [0, 0.1) is 0 Å². The molecule has 0 radical (unpaired) electrons. The third kappa shape index (κ3) is 6.64. The van der Waals surface area contributed by atoms with Crippen LogP contribution in [-0.2, 0) is 16.1 Å². The molecule has 1 aliphatic rings. The molecule has 2 N–H and O–H groups in total. The molecule has 0 aromatic heterocycles. The van der Waals surface area contributed by atoms with Crippen LogP contribution in [0.4, 0.5) is 20.2 Å². The Bertz CT molecular complexity index is 1020. The number of halogens is 2. The summed E-state index contributed by atoms with van der Waals surface area (Å²) in [6, 6.07) is 9.20. The van der Waals surface area contributed by atoms with Crippen molar-refractivity contribution in [3.8, 4) is 11.5 Å². The molecule has 0 aliphatic heterocycles. The molecule has 0 spiro atoms. The van der Waals surface area contributed by atoms with Gasteiger partial charge in [-0.15, -0.1) is 0 Å². The first-order chi connectivity index (χ1) is 15.7. The lowest BCUT2D eigenvalue weighted by Gasteiger charge is -2.24. The minimum absolute atomic E-state index is 0.0223. The van der Waals surface area contributed by atoms with Crippen LogP contribution >= 0.6 is 0 Å². The summed E-state index contributed by atoms with van der Waals surface area (Å²) in [5.74, 6) is -0.875. The number of nitrogens with zero attached hydrogens (tertiary/aromatic N) is 1. The predicted molar refractivity (Wildman–Crippen MR) is 118 cm³/mol. The molecule has 10 heteroatoms. The first-order valence-corrected chi connectivity index (χ1v) is 10.3. The maximum absolute atomic E-state index is 13.4. The summed E-state index contributed by atoms with van der Waals surface area (Å²) in [4.78, 5) is 38.1. The van der Waals surface area contributed by atoms with E-state index in [0.29, 0.717) is 22.5 Å². The standard InChI is InChI=1S/C23H25F2N3O5/c1-13(29)26-17-9-16(10-18(11-17)27-14(2)30)22(31)28(19-5-6-19)12-15-4-7-20(33-23(24)25)21(8-15)32-3/h4,7-11,19,23H,5-6,12H2,1-3H3,(H,26,29)(H,27,30). The maximum Gasteiger partial charge on any atom is 0.387 e. The first kappa shape index (κ1) is 24.0. The van der Waals surface area contributed by atoms with Crippen molar-refractivity contribution in [3.05, 3.63) is 47.5 Å². The number of hydrogen-bond acceptors (Lipinski definition) is 5. The number of alkyl halides is 2. The van der Waals surface area contributed by atoms with E-state index in [1.807, 2.05) is 0 Å². The normalized spacial score (nSPS) is 12.8. The quantitative estimate of drug-likeness (QED) is 0.588. The van der Waals surface area contributed by atoms with Crippen LogP contribution < -0.4 is 20.1 Å². The number of anilines is 2. The number of hydrogen-bond donors (Lipinski definition) is 2. The van der Waals surface area contributed by atoms with Crippen molar-refractivity contribution in [2.75, 3.05) is 17.7 Å². The van der Waals surface area contributed by atoms with Crippen LogP contribution in [0.1, 0.15) is 42.6 Å². The van der Waals surface area contributed by atoms with Gasteiger partial charge in [0.2, 0.25) is 11.8 Å². The number of nitrogens with one attached hydrogen (secondary N) is 2. The number of carbonyl (C=O) groups is 3. The van der Waals surface area contributed by atoms with Crippen molar-refractivity contribution in [2.45, 2.75) is 45.9 Å². The minimum Gasteiger partial charge on any atom is -0.493 e. The third-order valence-electron chi connectivity index (χ3n) is 4.87. The monoisotopic (exact) mass is 461 g/mol. The van der Waals surface area contributed by atoms with E-state index in [2.05, 4.69) is 15.4 Å². The zero-order valence-electron chi connectivity index (χ0n) is 18.5. The Morgan fingerprint density at radius 1 is 1.00 bits per heavy atom. The van der Waals surface area contributed by atoms with Gasteiger partial charge in [-0.2, -0.15) is 8.78 Å². The summed E-state index contributed by atoms with van der Waals surface area (Å²) >= 11 is 0. The van der Waals surface area contributed by atoms with E-state index >= 15 is 0 Å². The van der Waals surface area contributed by atoms with E-state index < -0.39 is 6.61 Å².